The number of aryl methyl sites for hydroxylation is 1. The molecule has 3 heteroatoms. The number of rotatable bonds is 1. The number of hydrogen-bond acceptors (Lipinski definition) is 2. The van der Waals surface area contributed by atoms with Gasteiger partial charge in [0, 0.05) is 0 Å². The summed E-state index contributed by atoms with van der Waals surface area (Å²) in [5, 5.41) is 0. The zero-order chi connectivity index (χ0) is 14.3. The molecule has 1 heterocycles. The number of hydrogen-bond donors (Lipinski definition) is 0. The molecule has 1 aromatic rings. The number of imide groups is 1. The average molecular weight is 279 g/mol. The van der Waals surface area contributed by atoms with Crippen LogP contribution in [0.4, 0.5) is 5.69 Å². The first kappa shape index (κ1) is 11.7. The van der Waals surface area contributed by atoms with Crippen molar-refractivity contribution in [2.75, 3.05) is 4.90 Å². The number of nitrogens with zero attached hydrogens (tertiary/aromatic N) is 1. The Kier molecular flexibility index (Phi) is 2.04. The molecule has 2 bridgehead atoms. The van der Waals surface area contributed by atoms with Crippen molar-refractivity contribution in [3.63, 3.8) is 0 Å². The van der Waals surface area contributed by atoms with Crippen molar-refractivity contribution in [2.24, 2.45) is 35.5 Å². The molecule has 1 saturated heterocycles. The minimum Gasteiger partial charge on any atom is -0.274 e. The van der Waals surface area contributed by atoms with E-state index in [-0.39, 0.29) is 23.7 Å². The third-order valence-corrected chi connectivity index (χ3v) is 5.92. The lowest BCUT2D eigenvalue weighted by Crippen LogP contribution is -2.40. The van der Waals surface area contributed by atoms with Crippen LogP contribution in [0.1, 0.15) is 12.0 Å². The van der Waals surface area contributed by atoms with Crippen LogP contribution in [0, 0.1) is 42.4 Å². The molecule has 0 radical (unpaired) electrons. The van der Waals surface area contributed by atoms with Crippen LogP contribution >= 0.6 is 0 Å². The van der Waals surface area contributed by atoms with Gasteiger partial charge < -0.3 is 0 Å². The van der Waals surface area contributed by atoms with Gasteiger partial charge in [0.1, 0.15) is 0 Å². The fourth-order valence-corrected chi connectivity index (χ4v) is 4.98. The molecule has 0 N–H and O–H groups in total. The van der Waals surface area contributed by atoms with E-state index in [9.17, 15) is 9.59 Å². The lowest BCUT2D eigenvalue weighted by Gasteiger charge is -2.37. The Balaban J connectivity index is 1.60. The molecule has 5 aliphatic rings. The Morgan fingerprint density at radius 2 is 1.62 bits per heavy atom. The molecule has 4 aliphatic carbocycles. The minimum absolute atomic E-state index is 0.0281. The average Bonchev–Trinajstić information content (AvgIpc) is 3.24. The SMILES string of the molecule is Cc1cccc(N2C(=O)[C@@H]3[C@H]4C=C[C@@H]([C@@H]5C[C@@H]45)[C@@H]3C2=O)c1. The van der Waals surface area contributed by atoms with Gasteiger partial charge in [-0.3, -0.25) is 14.5 Å². The molecule has 21 heavy (non-hydrogen) atoms. The largest absolute Gasteiger partial charge is 0.274 e. The summed E-state index contributed by atoms with van der Waals surface area (Å²) in [6.07, 6.45) is 5.64. The lowest BCUT2D eigenvalue weighted by atomic mass is 9.63. The number of allylic oxidation sites excluding steroid dienone is 2. The molecule has 6 rings (SSSR count). The van der Waals surface area contributed by atoms with Crippen LogP contribution in [0.25, 0.3) is 0 Å². The quantitative estimate of drug-likeness (QED) is 0.585. The highest BCUT2D eigenvalue weighted by Crippen LogP contribution is 2.65. The summed E-state index contributed by atoms with van der Waals surface area (Å²) < 4.78 is 0. The minimum atomic E-state index is -0.100. The molecule has 6 atom stereocenters. The van der Waals surface area contributed by atoms with Gasteiger partial charge >= 0.3 is 0 Å². The van der Waals surface area contributed by atoms with E-state index in [0.29, 0.717) is 23.7 Å². The van der Waals surface area contributed by atoms with Gasteiger partial charge in [-0.15, -0.1) is 0 Å². The Morgan fingerprint density at radius 3 is 2.19 bits per heavy atom. The van der Waals surface area contributed by atoms with Gasteiger partial charge in [0.25, 0.3) is 0 Å². The van der Waals surface area contributed by atoms with E-state index in [2.05, 4.69) is 12.2 Å². The van der Waals surface area contributed by atoms with Crippen molar-refractivity contribution in [3.8, 4) is 0 Å². The summed E-state index contributed by atoms with van der Waals surface area (Å²) in [7, 11) is 0. The lowest BCUT2D eigenvalue weighted by molar-refractivity contribution is -0.124. The first-order valence-electron chi connectivity index (χ1n) is 7.79. The summed E-state index contributed by atoms with van der Waals surface area (Å²) in [6.45, 7) is 1.99. The van der Waals surface area contributed by atoms with Gasteiger partial charge in [-0.05, 0) is 54.7 Å². The summed E-state index contributed by atoms with van der Waals surface area (Å²) in [5.41, 5.74) is 1.82. The second kappa shape index (κ2) is 3.65. The zero-order valence-electron chi connectivity index (χ0n) is 11.9. The van der Waals surface area contributed by atoms with Crippen LogP contribution in [0.2, 0.25) is 0 Å². The number of benzene rings is 1. The van der Waals surface area contributed by atoms with Crippen molar-refractivity contribution in [3.05, 3.63) is 42.0 Å². The highest BCUT2D eigenvalue weighted by Gasteiger charge is 2.67. The second-order valence-electron chi connectivity index (χ2n) is 7.01. The first-order valence-corrected chi connectivity index (χ1v) is 7.79. The maximum absolute atomic E-state index is 12.9. The van der Waals surface area contributed by atoms with Crippen LogP contribution in [-0.4, -0.2) is 11.8 Å². The van der Waals surface area contributed by atoms with Gasteiger partial charge in [-0.25, -0.2) is 0 Å². The fraction of sp³-hybridized carbons (Fsp3) is 0.444. The smallest absolute Gasteiger partial charge is 0.238 e. The van der Waals surface area contributed by atoms with Gasteiger partial charge in [0.05, 0.1) is 17.5 Å². The Morgan fingerprint density at radius 1 is 1.00 bits per heavy atom. The second-order valence-corrected chi connectivity index (χ2v) is 7.01. The van der Waals surface area contributed by atoms with Crippen LogP contribution < -0.4 is 4.90 Å². The number of carbonyl (C=O) groups excluding carboxylic acids is 2. The normalized spacial score (nSPS) is 42.2. The molecular formula is C18H17NO2. The summed E-state index contributed by atoms with van der Waals surface area (Å²) in [6, 6.07) is 7.71. The van der Waals surface area contributed by atoms with E-state index in [4.69, 9.17) is 0 Å². The predicted molar refractivity (Wildman–Crippen MR) is 78.4 cm³/mol. The Hall–Kier alpha value is -1.90. The van der Waals surface area contributed by atoms with Crippen molar-refractivity contribution in [1.82, 2.24) is 0 Å². The maximum Gasteiger partial charge on any atom is 0.238 e. The third kappa shape index (κ3) is 1.34. The topological polar surface area (TPSA) is 37.4 Å². The van der Waals surface area contributed by atoms with E-state index < -0.39 is 0 Å². The third-order valence-electron chi connectivity index (χ3n) is 5.92. The van der Waals surface area contributed by atoms with Gasteiger partial charge in [0.2, 0.25) is 11.8 Å². The molecule has 3 nitrogen and oxygen atoms in total. The summed E-state index contributed by atoms with van der Waals surface area (Å²) in [5.74, 6) is 1.78. The maximum atomic E-state index is 12.9. The van der Waals surface area contributed by atoms with E-state index in [0.717, 1.165) is 11.3 Å². The zero-order valence-corrected chi connectivity index (χ0v) is 11.9. The molecule has 1 aliphatic heterocycles. The molecule has 0 aromatic heterocycles. The van der Waals surface area contributed by atoms with Crippen LogP contribution in [-0.2, 0) is 9.59 Å². The molecular weight excluding hydrogens is 262 g/mol. The van der Waals surface area contributed by atoms with Crippen molar-refractivity contribution in [2.45, 2.75) is 13.3 Å². The molecule has 2 saturated carbocycles. The predicted octanol–water partition coefficient (Wildman–Crippen LogP) is 2.55. The molecule has 0 unspecified atom stereocenters. The molecule has 2 amide bonds. The van der Waals surface area contributed by atoms with Gasteiger partial charge in [-0.2, -0.15) is 0 Å². The first-order chi connectivity index (χ1) is 10.2. The number of carbonyl (C=O) groups is 2. The highest BCUT2D eigenvalue weighted by atomic mass is 16.2. The van der Waals surface area contributed by atoms with Crippen LogP contribution in [0.15, 0.2) is 36.4 Å². The van der Waals surface area contributed by atoms with Gasteiger partial charge in [-0.1, -0.05) is 24.3 Å². The molecule has 1 aromatic carbocycles. The van der Waals surface area contributed by atoms with E-state index in [1.807, 2.05) is 31.2 Å². The Labute approximate surface area is 123 Å². The highest BCUT2D eigenvalue weighted by molar-refractivity contribution is 6.22. The molecule has 0 spiro atoms. The van der Waals surface area contributed by atoms with E-state index in [1.165, 1.54) is 11.3 Å². The monoisotopic (exact) mass is 279 g/mol. The standard InChI is InChI=1S/C18H17NO2/c1-9-3-2-4-10(7-9)19-17(20)15-11-5-6-12(14-8-13(11)14)16(15)18(19)21/h2-7,11-16H,8H2,1H3/t11-,12-,13-,14-,15-,16+/m0/s1. The van der Waals surface area contributed by atoms with E-state index in [1.54, 1.807) is 0 Å². The molecule has 106 valence electrons. The van der Waals surface area contributed by atoms with Crippen molar-refractivity contribution < 1.29 is 9.59 Å². The summed E-state index contributed by atoms with van der Waals surface area (Å²) in [4.78, 5) is 27.2. The van der Waals surface area contributed by atoms with Crippen LogP contribution in [0.5, 0.6) is 0 Å². The summed E-state index contributed by atoms with van der Waals surface area (Å²) >= 11 is 0. The van der Waals surface area contributed by atoms with Crippen molar-refractivity contribution in [1.29, 1.82) is 0 Å². The van der Waals surface area contributed by atoms with Crippen LogP contribution in [0.3, 0.4) is 0 Å². The fourth-order valence-electron chi connectivity index (χ4n) is 4.98. The van der Waals surface area contributed by atoms with E-state index >= 15 is 0 Å². The number of amides is 2. The van der Waals surface area contributed by atoms with Crippen molar-refractivity contribution >= 4 is 17.5 Å². The molecule has 3 fully saturated rings. The number of anilines is 1. The van der Waals surface area contributed by atoms with Gasteiger partial charge in [0.15, 0.2) is 0 Å². The Bertz CT molecular complexity index is 671.